The maximum Gasteiger partial charge on any atom is 0.271 e. The smallest absolute Gasteiger partial charge is 0.271 e. The Morgan fingerprint density at radius 3 is 2.90 bits per heavy atom. The molecule has 3 aromatic heterocycles. The van der Waals surface area contributed by atoms with E-state index in [0.29, 0.717) is 33.4 Å². The van der Waals surface area contributed by atoms with Gasteiger partial charge in [-0.25, -0.2) is 9.97 Å². The number of ether oxygens (including phenoxy) is 1. The topological polar surface area (TPSA) is 57.0 Å². The second-order valence-electron chi connectivity index (χ2n) is 7.87. The predicted molar refractivity (Wildman–Crippen MR) is 117 cm³/mol. The fourth-order valence-electron chi connectivity index (χ4n) is 3.62. The monoisotopic (exact) mass is 445 g/mol. The number of rotatable bonds is 2. The SMILES string of the molecule is CC1(C)Cc2nc3sc4c(=O)n(Cc5ccc(Cl)cc5Cl)cnc4c3cc2CO1. The second kappa shape index (κ2) is 6.77. The van der Waals surface area contributed by atoms with Gasteiger partial charge < -0.3 is 4.74 Å². The van der Waals surface area contributed by atoms with Gasteiger partial charge in [-0.15, -0.1) is 11.3 Å². The highest BCUT2D eigenvalue weighted by Gasteiger charge is 2.28. The first kappa shape index (κ1) is 19.0. The Kier molecular flexibility index (Phi) is 4.44. The minimum absolute atomic E-state index is 0.0985. The lowest BCUT2D eigenvalue weighted by atomic mass is 9.95. The van der Waals surface area contributed by atoms with E-state index in [4.69, 9.17) is 32.9 Å². The van der Waals surface area contributed by atoms with E-state index in [1.165, 1.54) is 11.3 Å². The van der Waals surface area contributed by atoms with Crippen molar-refractivity contribution in [3.05, 3.63) is 67.8 Å². The first-order valence-electron chi connectivity index (χ1n) is 9.19. The average Bonchev–Trinajstić information content (AvgIpc) is 3.02. The van der Waals surface area contributed by atoms with Crippen molar-refractivity contribution in [2.45, 2.75) is 39.0 Å². The van der Waals surface area contributed by atoms with Gasteiger partial charge in [0.1, 0.15) is 9.53 Å². The molecule has 148 valence electrons. The molecule has 0 bridgehead atoms. The van der Waals surface area contributed by atoms with Crippen LogP contribution in [0.3, 0.4) is 0 Å². The molecule has 0 saturated heterocycles. The van der Waals surface area contributed by atoms with E-state index in [-0.39, 0.29) is 11.2 Å². The summed E-state index contributed by atoms with van der Waals surface area (Å²) in [4.78, 5) is 23.4. The summed E-state index contributed by atoms with van der Waals surface area (Å²) in [5, 5.41) is 1.99. The van der Waals surface area contributed by atoms with E-state index in [2.05, 4.69) is 24.9 Å². The molecule has 0 aliphatic carbocycles. The largest absolute Gasteiger partial charge is 0.370 e. The van der Waals surface area contributed by atoms with E-state index >= 15 is 0 Å². The molecule has 5 nitrogen and oxygen atoms in total. The third kappa shape index (κ3) is 3.34. The third-order valence-corrected chi connectivity index (χ3v) is 6.84. The number of aromatic nitrogens is 3. The summed E-state index contributed by atoms with van der Waals surface area (Å²) in [6.07, 6.45) is 2.32. The van der Waals surface area contributed by atoms with Crippen LogP contribution in [0.5, 0.6) is 0 Å². The first-order chi connectivity index (χ1) is 13.8. The van der Waals surface area contributed by atoms with Crippen LogP contribution in [-0.4, -0.2) is 20.1 Å². The van der Waals surface area contributed by atoms with Crippen molar-refractivity contribution in [1.29, 1.82) is 0 Å². The molecule has 4 heterocycles. The van der Waals surface area contributed by atoms with Gasteiger partial charge in [-0.3, -0.25) is 9.36 Å². The Morgan fingerprint density at radius 2 is 2.10 bits per heavy atom. The molecule has 0 amide bonds. The molecule has 8 heteroatoms. The summed E-state index contributed by atoms with van der Waals surface area (Å²) in [6, 6.07) is 7.33. The molecule has 0 saturated carbocycles. The Morgan fingerprint density at radius 1 is 1.28 bits per heavy atom. The third-order valence-electron chi connectivity index (χ3n) is 5.17. The molecule has 4 aromatic rings. The number of pyridine rings is 1. The molecule has 1 aliphatic heterocycles. The minimum Gasteiger partial charge on any atom is -0.370 e. The minimum atomic E-state index is -0.229. The van der Waals surface area contributed by atoms with Gasteiger partial charge in [0, 0.05) is 27.4 Å². The molecule has 0 fully saturated rings. The summed E-state index contributed by atoms with van der Waals surface area (Å²) in [5.74, 6) is 0. The van der Waals surface area contributed by atoms with Crippen LogP contribution >= 0.6 is 34.5 Å². The standard InChI is InChI=1S/C21H17Cl2N3O2S/c1-21(2)7-16-12(9-28-21)5-14-17-18(29-19(14)25-16)20(27)26(10-24-17)8-11-3-4-13(22)6-15(11)23/h3-6,10H,7-9H2,1-2H3. The Hall–Kier alpha value is -1.99. The number of halogens is 2. The Bertz CT molecular complexity index is 1340. The summed E-state index contributed by atoms with van der Waals surface area (Å²) < 4.78 is 8.08. The van der Waals surface area contributed by atoms with E-state index in [1.807, 2.05) is 6.07 Å². The van der Waals surface area contributed by atoms with Crippen LogP contribution in [0.2, 0.25) is 10.0 Å². The summed E-state index contributed by atoms with van der Waals surface area (Å²) in [5.41, 5.74) is 3.28. The molecule has 0 spiro atoms. The highest BCUT2D eigenvalue weighted by atomic mass is 35.5. The highest BCUT2D eigenvalue weighted by Crippen LogP contribution is 2.34. The molecule has 0 radical (unpaired) electrons. The summed E-state index contributed by atoms with van der Waals surface area (Å²) in [7, 11) is 0. The molecular weight excluding hydrogens is 429 g/mol. The van der Waals surface area contributed by atoms with Crippen LogP contribution in [0.25, 0.3) is 20.4 Å². The van der Waals surface area contributed by atoms with Crippen molar-refractivity contribution < 1.29 is 4.74 Å². The zero-order chi connectivity index (χ0) is 20.3. The van der Waals surface area contributed by atoms with Gasteiger partial charge in [0.05, 0.1) is 36.3 Å². The van der Waals surface area contributed by atoms with Gasteiger partial charge in [0.2, 0.25) is 0 Å². The van der Waals surface area contributed by atoms with Gasteiger partial charge in [0.15, 0.2) is 0 Å². The van der Waals surface area contributed by atoms with E-state index in [0.717, 1.165) is 33.5 Å². The van der Waals surface area contributed by atoms with Crippen LogP contribution in [0.1, 0.15) is 30.7 Å². The van der Waals surface area contributed by atoms with Crippen LogP contribution in [-0.2, 0) is 24.3 Å². The lowest BCUT2D eigenvalue weighted by Crippen LogP contribution is -2.32. The van der Waals surface area contributed by atoms with E-state index in [9.17, 15) is 4.79 Å². The fourth-order valence-corrected chi connectivity index (χ4v) is 5.17. The van der Waals surface area contributed by atoms with Crippen LogP contribution in [0, 0.1) is 0 Å². The molecule has 0 unspecified atom stereocenters. The normalized spacial score (nSPS) is 15.7. The number of benzene rings is 1. The average molecular weight is 446 g/mol. The zero-order valence-electron chi connectivity index (χ0n) is 15.8. The molecule has 0 atom stereocenters. The van der Waals surface area contributed by atoms with Gasteiger partial charge in [-0.05, 0) is 37.6 Å². The molecule has 29 heavy (non-hydrogen) atoms. The second-order valence-corrected chi connectivity index (χ2v) is 9.71. The first-order valence-corrected chi connectivity index (χ1v) is 10.8. The van der Waals surface area contributed by atoms with Gasteiger partial charge in [-0.2, -0.15) is 0 Å². The van der Waals surface area contributed by atoms with Crippen molar-refractivity contribution in [1.82, 2.24) is 14.5 Å². The summed E-state index contributed by atoms with van der Waals surface area (Å²) in [6.45, 7) is 4.98. The van der Waals surface area contributed by atoms with Crippen molar-refractivity contribution in [3.8, 4) is 0 Å². The van der Waals surface area contributed by atoms with E-state index < -0.39 is 0 Å². The molecule has 1 aliphatic rings. The number of nitrogens with zero attached hydrogens (tertiary/aromatic N) is 3. The van der Waals surface area contributed by atoms with Gasteiger partial charge in [-0.1, -0.05) is 29.3 Å². The van der Waals surface area contributed by atoms with Crippen molar-refractivity contribution in [2.75, 3.05) is 0 Å². The number of hydrogen-bond acceptors (Lipinski definition) is 5. The maximum absolute atomic E-state index is 13.1. The highest BCUT2D eigenvalue weighted by molar-refractivity contribution is 7.25. The lowest BCUT2D eigenvalue weighted by Gasteiger charge is -2.30. The van der Waals surface area contributed by atoms with Crippen LogP contribution in [0.15, 0.2) is 35.4 Å². The maximum atomic E-state index is 13.1. The molecule has 0 N–H and O–H groups in total. The van der Waals surface area contributed by atoms with E-state index in [1.54, 1.807) is 23.0 Å². The number of hydrogen-bond donors (Lipinski definition) is 0. The quantitative estimate of drug-likeness (QED) is 0.424. The number of fused-ring (bicyclic) bond motifs is 4. The van der Waals surface area contributed by atoms with Crippen molar-refractivity contribution in [3.63, 3.8) is 0 Å². The number of thiophene rings is 1. The van der Waals surface area contributed by atoms with Crippen LogP contribution in [0.4, 0.5) is 0 Å². The molecule has 1 aromatic carbocycles. The lowest BCUT2D eigenvalue weighted by molar-refractivity contribution is -0.0411. The predicted octanol–water partition coefficient (Wildman–Crippen LogP) is 5.21. The molecule has 5 rings (SSSR count). The fraction of sp³-hybridized carbons (Fsp3) is 0.286. The Balaban J connectivity index is 1.62. The van der Waals surface area contributed by atoms with Crippen molar-refractivity contribution >= 4 is 55.0 Å². The van der Waals surface area contributed by atoms with Crippen LogP contribution < -0.4 is 5.56 Å². The Labute approximate surface area is 180 Å². The van der Waals surface area contributed by atoms with Gasteiger partial charge in [0.25, 0.3) is 5.56 Å². The van der Waals surface area contributed by atoms with Gasteiger partial charge >= 0.3 is 0 Å². The van der Waals surface area contributed by atoms with Crippen molar-refractivity contribution in [2.24, 2.45) is 0 Å². The summed E-state index contributed by atoms with van der Waals surface area (Å²) >= 11 is 13.6. The molecular formula is C21H17Cl2N3O2S. The zero-order valence-corrected chi connectivity index (χ0v) is 18.2.